The maximum Gasteiger partial charge on any atom is 0.416 e. The minimum absolute atomic E-state index is 0.0497. The molecule has 0 saturated carbocycles. The molecule has 3 aromatic carbocycles. The van der Waals surface area contributed by atoms with Crippen LogP contribution in [0.5, 0.6) is 0 Å². The Morgan fingerprint density at radius 2 is 1.64 bits per heavy atom. The van der Waals surface area contributed by atoms with Crippen molar-refractivity contribution in [2.24, 2.45) is 5.41 Å². The van der Waals surface area contributed by atoms with Gasteiger partial charge in [0.25, 0.3) is 0 Å². The summed E-state index contributed by atoms with van der Waals surface area (Å²) in [5.74, 6) is -2.31. The number of hydrogen-bond donors (Lipinski definition) is 0. The molecule has 0 bridgehead atoms. The van der Waals surface area contributed by atoms with Gasteiger partial charge in [0.05, 0.1) is 23.7 Å². The van der Waals surface area contributed by atoms with Crippen LogP contribution in [0.1, 0.15) is 33.0 Å². The number of benzene rings is 3. The normalized spacial score (nSPS) is 21.7. The second-order valence-electron chi connectivity index (χ2n) is 8.78. The Hall–Kier alpha value is -4.43. The van der Waals surface area contributed by atoms with Crippen LogP contribution >= 0.6 is 0 Å². The summed E-state index contributed by atoms with van der Waals surface area (Å²) in [6, 6.07) is 18.3. The molecule has 1 saturated heterocycles. The van der Waals surface area contributed by atoms with Gasteiger partial charge in [-0.3, -0.25) is 4.79 Å². The van der Waals surface area contributed by atoms with Crippen LogP contribution in [0.4, 0.5) is 23.2 Å². The fraction of sp³-hybridized carbons (Fsp3) is 0.179. The van der Waals surface area contributed by atoms with E-state index in [1.165, 1.54) is 24.3 Å². The lowest BCUT2D eigenvalue weighted by Crippen LogP contribution is -2.44. The molecule has 0 radical (unpaired) electrons. The van der Waals surface area contributed by atoms with Gasteiger partial charge in [-0.15, -0.1) is 0 Å². The zero-order chi connectivity index (χ0) is 25.7. The van der Waals surface area contributed by atoms with Gasteiger partial charge in [0.1, 0.15) is 11.9 Å². The summed E-state index contributed by atoms with van der Waals surface area (Å²) in [6.45, 7) is 0. The number of carbonyl (C=O) groups excluding carboxylic acids is 1. The molecule has 5 rings (SSSR count). The van der Waals surface area contributed by atoms with E-state index in [1.54, 1.807) is 41.3 Å². The second kappa shape index (κ2) is 8.35. The first-order valence-electron chi connectivity index (χ1n) is 11.1. The Morgan fingerprint density at radius 1 is 0.944 bits per heavy atom. The number of nitriles is 2. The molecule has 0 N–H and O–H groups in total. The Bertz CT molecular complexity index is 1450. The van der Waals surface area contributed by atoms with Crippen LogP contribution in [-0.4, -0.2) is 17.9 Å². The zero-order valence-electron chi connectivity index (χ0n) is 18.6. The molecule has 2 heterocycles. The van der Waals surface area contributed by atoms with Crippen LogP contribution in [-0.2, 0) is 6.18 Å². The van der Waals surface area contributed by atoms with Crippen molar-refractivity contribution in [1.29, 1.82) is 10.5 Å². The standard InChI is InChI=1S/C28H17F4N3O/c29-21-11-8-18(9-12-21)26(36)25-24(19-5-3-6-20(14-19)28(30,31)32)27(15-33,16-34)23-13-10-17-4-1-2-7-22(17)35(23)25/h1-14,23-25H/t23-,24+,25-/m0/s1. The molecule has 36 heavy (non-hydrogen) atoms. The van der Waals surface area contributed by atoms with Crippen LogP contribution in [0.25, 0.3) is 6.08 Å². The molecule has 0 unspecified atom stereocenters. The van der Waals surface area contributed by atoms with Crippen molar-refractivity contribution in [3.8, 4) is 12.1 Å². The van der Waals surface area contributed by atoms with Gasteiger partial charge in [-0.25, -0.2) is 4.39 Å². The van der Waals surface area contributed by atoms with E-state index >= 15 is 0 Å². The first kappa shape index (κ1) is 23.3. The van der Waals surface area contributed by atoms with Crippen molar-refractivity contribution in [1.82, 2.24) is 0 Å². The molecular weight excluding hydrogens is 470 g/mol. The molecule has 0 aromatic heterocycles. The maximum atomic E-state index is 14.0. The molecule has 0 aliphatic carbocycles. The molecule has 178 valence electrons. The van der Waals surface area contributed by atoms with Crippen molar-refractivity contribution in [2.45, 2.75) is 24.2 Å². The van der Waals surface area contributed by atoms with Gasteiger partial charge in [-0.1, -0.05) is 48.6 Å². The van der Waals surface area contributed by atoms with Crippen LogP contribution in [0.15, 0.2) is 78.9 Å². The lowest BCUT2D eigenvalue weighted by molar-refractivity contribution is -0.137. The Labute approximate surface area is 204 Å². The largest absolute Gasteiger partial charge is 0.416 e. The lowest BCUT2D eigenvalue weighted by Gasteiger charge is -2.35. The van der Waals surface area contributed by atoms with E-state index in [0.29, 0.717) is 5.69 Å². The monoisotopic (exact) mass is 487 g/mol. The Kier molecular flexibility index (Phi) is 5.41. The summed E-state index contributed by atoms with van der Waals surface area (Å²) in [5, 5.41) is 20.7. The minimum Gasteiger partial charge on any atom is -0.351 e. The molecule has 4 nitrogen and oxygen atoms in total. The minimum atomic E-state index is -4.66. The van der Waals surface area contributed by atoms with Gasteiger partial charge in [0, 0.05) is 17.2 Å². The van der Waals surface area contributed by atoms with Gasteiger partial charge in [0.15, 0.2) is 11.2 Å². The zero-order valence-corrected chi connectivity index (χ0v) is 18.6. The van der Waals surface area contributed by atoms with Gasteiger partial charge >= 0.3 is 6.18 Å². The van der Waals surface area contributed by atoms with Crippen molar-refractivity contribution >= 4 is 17.5 Å². The van der Waals surface area contributed by atoms with E-state index in [4.69, 9.17) is 0 Å². The number of nitrogens with zero attached hydrogens (tertiary/aromatic N) is 3. The fourth-order valence-corrected chi connectivity index (χ4v) is 5.30. The second-order valence-corrected chi connectivity index (χ2v) is 8.78. The molecule has 2 aliphatic rings. The lowest BCUT2D eigenvalue weighted by atomic mass is 9.69. The van der Waals surface area contributed by atoms with E-state index in [0.717, 1.165) is 29.8 Å². The number of anilines is 1. The first-order chi connectivity index (χ1) is 17.2. The smallest absolute Gasteiger partial charge is 0.351 e. The highest BCUT2D eigenvalue weighted by atomic mass is 19.4. The van der Waals surface area contributed by atoms with E-state index in [2.05, 4.69) is 12.1 Å². The molecule has 0 spiro atoms. The highest BCUT2D eigenvalue weighted by Gasteiger charge is 2.63. The topological polar surface area (TPSA) is 67.9 Å². The summed E-state index contributed by atoms with van der Waals surface area (Å²) in [6.07, 6.45) is -1.27. The maximum absolute atomic E-state index is 14.0. The summed E-state index contributed by atoms with van der Waals surface area (Å²) in [7, 11) is 0. The fourth-order valence-electron chi connectivity index (χ4n) is 5.30. The van der Waals surface area contributed by atoms with Crippen LogP contribution in [0.3, 0.4) is 0 Å². The molecule has 8 heteroatoms. The third-order valence-electron chi connectivity index (χ3n) is 6.89. The highest BCUT2D eigenvalue weighted by Crippen LogP contribution is 2.55. The van der Waals surface area contributed by atoms with E-state index in [9.17, 15) is 32.9 Å². The average Bonchev–Trinajstić information content (AvgIpc) is 3.19. The first-order valence-corrected chi connectivity index (χ1v) is 11.1. The van der Waals surface area contributed by atoms with E-state index < -0.39 is 46.8 Å². The number of para-hydroxylation sites is 1. The molecular formula is C28H17F4N3O. The molecule has 3 aromatic rings. The highest BCUT2D eigenvalue weighted by molar-refractivity contribution is 6.04. The molecule has 2 aliphatic heterocycles. The number of Topliss-reactive ketones (excluding diaryl/α,β-unsaturated/α-hetero) is 1. The van der Waals surface area contributed by atoms with Crippen LogP contribution in [0, 0.1) is 33.9 Å². The van der Waals surface area contributed by atoms with E-state index in [-0.39, 0.29) is 11.1 Å². The quantitative estimate of drug-likeness (QED) is 0.329. The predicted molar refractivity (Wildman–Crippen MR) is 124 cm³/mol. The van der Waals surface area contributed by atoms with Gasteiger partial charge in [-0.05, 0) is 47.5 Å². The van der Waals surface area contributed by atoms with Gasteiger partial charge in [-0.2, -0.15) is 23.7 Å². The number of carbonyl (C=O) groups is 1. The summed E-state index contributed by atoms with van der Waals surface area (Å²) >= 11 is 0. The summed E-state index contributed by atoms with van der Waals surface area (Å²) in [4.78, 5) is 15.6. The third kappa shape index (κ3) is 3.46. The number of hydrogen-bond acceptors (Lipinski definition) is 4. The number of alkyl halides is 3. The van der Waals surface area contributed by atoms with Crippen molar-refractivity contribution in [3.63, 3.8) is 0 Å². The summed E-state index contributed by atoms with van der Waals surface area (Å²) in [5.41, 5.74) is -1.34. The third-order valence-corrected chi connectivity index (χ3v) is 6.89. The number of fused-ring (bicyclic) bond motifs is 3. The number of rotatable bonds is 3. The molecule has 0 amide bonds. The van der Waals surface area contributed by atoms with Gasteiger partial charge < -0.3 is 4.90 Å². The van der Waals surface area contributed by atoms with Crippen molar-refractivity contribution in [3.05, 3.63) is 107 Å². The average molecular weight is 487 g/mol. The Morgan fingerprint density at radius 3 is 2.31 bits per heavy atom. The number of ketones is 1. The number of halogens is 4. The van der Waals surface area contributed by atoms with E-state index in [1.807, 2.05) is 0 Å². The predicted octanol–water partition coefficient (Wildman–Crippen LogP) is 6.13. The molecule has 3 atom stereocenters. The van der Waals surface area contributed by atoms with Crippen LogP contribution in [0.2, 0.25) is 0 Å². The molecule has 1 fully saturated rings. The van der Waals surface area contributed by atoms with Crippen LogP contribution < -0.4 is 4.90 Å². The summed E-state index contributed by atoms with van der Waals surface area (Å²) < 4.78 is 54.4. The Balaban J connectivity index is 1.79. The van der Waals surface area contributed by atoms with Crippen molar-refractivity contribution < 1.29 is 22.4 Å². The van der Waals surface area contributed by atoms with Gasteiger partial charge in [0.2, 0.25) is 0 Å². The van der Waals surface area contributed by atoms with Crippen molar-refractivity contribution in [2.75, 3.05) is 4.90 Å². The SMILES string of the molecule is N#CC1(C#N)[C@H](c2cccc(C(F)(F)F)c2)[C@@H](C(=O)c2ccc(F)cc2)N2c3ccccc3C=C[C@H]21.